The zero-order valence-corrected chi connectivity index (χ0v) is 16.4. The third-order valence-corrected chi connectivity index (χ3v) is 6.38. The average Bonchev–Trinajstić information content (AvgIpc) is 3.29. The van der Waals surface area contributed by atoms with Gasteiger partial charge in [-0.2, -0.15) is 0 Å². The molecule has 0 aliphatic carbocycles. The Hall–Kier alpha value is -2.38. The average molecular weight is 399 g/mol. The van der Waals surface area contributed by atoms with Crippen LogP contribution in [0.2, 0.25) is 0 Å². The summed E-state index contributed by atoms with van der Waals surface area (Å²) in [5.74, 6) is 0.0115. The fourth-order valence-corrected chi connectivity index (χ4v) is 4.80. The molecule has 2 saturated heterocycles. The Kier molecular flexibility index (Phi) is 5.12. The van der Waals surface area contributed by atoms with Crippen molar-refractivity contribution in [3.8, 4) is 11.1 Å². The van der Waals surface area contributed by atoms with Crippen molar-refractivity contribution in [1.82, 2.24) is 10.2 Å². The fraction of sp³-hybridized carbons (Fsp3) is 0.333. The van der Waals surface area contributed by atoms with E-state index in [1.165, 1.54) is 23.9 Å². The molecule has 28 heavy (non-hydrogen) atoms. The lowest BCUT2D eigenvalue weighted by Crippen LogP contribution is -2.31. The Balaban J connectivity index is 1.67. The largest absolute Gasteiger partial charge is 0.339 e. The molecule has 7 heteroatoms. The first-order valence-electron chi connectivity index (χ1n) is 9.28. The summed E-state index contributed by atoms with van der Waals surface area (Å²) < 4.78 is 14.0. The number of halogens is 1. The van der Waals surface area contributed by atoms with Crippen molar-refractivity contribution >= 4 is 23.6 Å². The highest BCUT2D eigenvalue weighted by Crippen LogP contribution is 2.38. The highest BCUT2D eigenvalue weighted by atomic mass is 32.2. The van der Waals surface area contributed by atoms with E-state index in [9.17, 15) is 14.0 Å². The van der Waals surface area contributed by atoms with Gasteiger partial charge >= 0.3 is 0 Å². The van der Waals surface area contributed by atoms with E-state index >= 15 is 0 Å². The molecule has 0 spiro atoms. The summed E-state index contributed by atoms with van der Waals surface area (Å²) >= 11 is 1.49. The van der Waals surface area contributed by atoms with Crippen molar-refractivity contribution in [2.75, 3.05) is 18.8 Å². The van der Waals surface area contributed by atoms with Crippen LogP contribution in [0.25, 0.3) is 11.1 Å². The third-order valence-electron chi connectivity index (χ3n) is 5.25. The first kappa shape index (κ1) is 19.0. The summed E-state index contributed by atoms with van der Waals surface area (Å²) in [5.41, 5.74) is 9.86. The quantitative estimate of drug-likeness (QED) is 0.832. The molecule has 2 amide bonds. The maximum atomic E-state index is 14.0. The van der Waals surface area contributed by atoms with E-state index in [0.717, 1.165) is 28.7 Å². The molecule has 146 valence electrons. The normalized spacial score (nSPS) is 21.8. The van der Waals surface area contributed by atoms with E-state index in [1.807, 2.05) is 19.1 Å². The lowest BCUT2D eigenvalue weighted by molar-refractivity contribution is -0.118. The van der Waals surface area contributed by atoms with E-state index in [-0.39, 0.29) is 29.0 Å². The molecule has 4 rings (SSSR count). The molecule has 0 radical (unpaired) electrons. The first-order valence-corrected chi connectivity index (χ1v) is 10.3. The van der Waals surface area contributed by atoms with Gasteiger partial charge in [-0.3, -0.25) is 9.59 Å². The van der Waals surface area contributed by atoms with E-state index in [0.29, 0.717) is 24.4 Å². The molecular weight excluding hydrogens is 377 g/mol. The summed E-state index contributed by atoms with van der Waals surface area (Å²) in [4.78, 5) is 26.1. The molecule has 5 nitrogen and oxygen atoms in total. The Labute approximate surface area is 167 Å². The number of hydrogen-bond donors (Lipinski definition) is 2. The standard InChI is InChI=1S/C21H22FN3O2S/c1-12-8-13(21(27)25-7-6-15(23)10-25)2-4-16(12)18-9-14(22)3-5-17(18)20-24-19(26)11-28-20/h2-5,8-9,15,20H,6-7,10-11,23H2,1H3,(H,24,26). The molecule has 2 fully saturated rings. The lowest BCUT2D eigenvalue weighted by Gasteiger charge is -2.19. The highest BCUT2D eigenvalue weighted by Gasteiger charge is 2.27. The molecule has 0 bridgehead atoms. The van der Waals surface area contributed by atoms with Crippen molar-refractivity contribution < 1.29 is 14.0 Å². The number of nitrogens with one attached hydrogen (secondary N) is 1. The van der Waals surface area contributed by atoms with E-state index < -0.39 is 0 Å². The van der Waals surface area contributed by atoms with Crippen LogP contribution >= 0.6 is 11.8 Å². The Morgan fingerprint density at radius 2 is 2.07 bits per heavy atom. The Morgan fingerprint density at radius 1 is 1.25 bits per heavy atom. The summed E-state index contributed by atoms with van der Waals surface area (Å²) in [6, 6.07) is 10.1. The topological polar surface area (TPSA) is 75.4 Å². The number of carbonyl (C=O) groups excluding carboxylic acids is 2. The van der Waals surface area contributed by atoms with Crippen LogP contribution in [-0.4, -0.2) is 41.6 Å². The second kappa shape index (κ2) is 7.56. The number of likely N-dealkylation sites (tertiary alicyclic amines) is 1. The van der Waals surface area contributed by atoms with Crippen LogP contribution in [0, 0.1) is 12.7 Å². The van der Waals surface area contributed by atoms with Crippen molar-refractivity contribution in [3.05, 3.63) is 58.9 Å². The molecule has 2 unspecified atom stereocenters. The van der Waals surface area contributed by atoms with Crippen LogP contribution in [0.1, 0.15) is 33.3 Å². The Bertz CT molecular complexity index is 949. The minimum Gasteiger partial charge on any atom is -0.339 e. The molecule has 2 aliphatic heterocycles. The first-order chi connectivity index (χ1) is 13.4. The van der Waals surface area contributed by atoms with Gasteiger partial charge in [-0.05, 0) is 59.9 Å². The molecule has 2 aliphatic rings. The SMILES string of the molecule is Cc1cc(C(=O)N2CCC(N)C2)ccc1-c1cc(F)ccc1C1NC(=O)CS1. The number of benzene rings is 2. The number of thioether (sulfide) groups is 1. The predicted molar refractivity (Wildman–Crippen MR) is 108 cm³/mol. The van der Waals surface area contributed by atoms with Gasteiger partial charge in [-0.15, -0.1) is 11.8 Å². The summed E-state index contributed by atoms with van der Waals surface area (Å²) in [5, 5.41) is 2.72. The summed E-state index contributed by atoms with van der Waals surface area (Å²) in [7, 11) is 0. The van der Waals surface area contributed by atoms with Gasteiger partial charge in [0.05, 0.1) is 5.75 Å². The molecule has 2 aromatic carbocycles. The van der Waals surface area contributed by atoms with Crippen molar-refractivity contribution in [2.24, 2.45) is 5.73 Å². The fourth-order valence-electron chi connectivity index (χ4n) is 3.80. The predicted octanol–water partition coefficient (Wildman–Crippen LogP) is 2.84. The van der Waals surface area contributed by atoms with Gasteiger partial charge in [-0.25, -0.2) is 4.39 Å². The van der Waals surface area contributed by atoms with Gasteiger partial charge in [-0.1, -0.05) is 12.1 Å². The number of hydrogen-bond acceptors (Lipinski definition) is 4. The van der Waals surface area contributed by atoms with Crippen LogP contribution in [-0.2, 0) is 4.79 Å². The summed E-state index contributed by atoms with van der Waals surface area (Å²) in [6.07, 6.45) is 0.820. The van der Waals surface area contributed by atoms with E-state index in [1.54, 1.807) is 17.0 Å². The molecule has 0 saturated carbocycles. The van der Waals surface area contributed by atoms with E-state index in [2.05, 4.69) is 5.32 Å². The number of aryl methyl sites for hydroxylation is 1. The molecule has 2 heterocycles. The van der Waals surface area contributed by atoms with Crippen LogP contribution in [0.4, 0.5) is 4.39 Å². The van der Waals surface area contributed by atoms with Crippen LogP contribution in [0.5, 0.6) is 0 Å². The Morgan fingerprint density at radius 3 is 2.71 bits per heavy atom. The highest BCUT2D eigenvalue weighted by molar-refractivity contribution is 8.00. The molecule has 2 aromatic rings. The van der Waals surface area contributed by atoms with Gasteiger partial charge in [0.1, 0.15) is 11.2 Å². The number of carbonyl (C=O) groups is 2. The minimum absolute atomic E-state index is 0.0215. The van der Waals surface area contributed by atoms with Gasteiger partial charge in [0, 0.05) is 24.7 Å². The zero-order chi connectivity index (χ0) is 19.8. The maximum absolute atomic E-state index is 14.0. The van der Waals surface area contributed by atoms with Crippen LogP contribution < -0.4 is 11.1 Å². The molecular formula is C21H22FN3O2S. The van der Waals surface area contributed by atoms with Crippen molar-refractivity contribution in [1.29, 1.82) is 0 Å². The summed E-state index contributed by atoms with van der Waals surface area (Å²) in [6.45, 7) is 3.16. The van der Waals surface area contributed by atoms with Gasteiger partial charge in [0.25, 0.3) is 5.91 Å². The molecule has 0 aromatic heterocycles. The second-order valence-corrected chi connectivity index (χ2v) is 8.41. The maximum Gasteiger partial charge on any atom is 0.253 e. The molecule has 3 N–H and O–H groups in total. The number of nitrogens with two attached hydrogens (primary N) is 1. The van der Waals surface area contributed by atoms with E-state index in [4.69, 9.17) is 5.73 Å². The lowest BCUT2D eigenvalue weighted by atomic mass is 9.94. The van der Waals surface area contributed by atoms with Gasteiger partial charge in [0.15, 0.2) is 0 Å². The minimum atomic E-state index is -0.335. The number of amides is 2. The van der Waals surface area contributed by atoms with Crippen LogP contribution in [0.3, 0.4) is 0 Å². The third kappa shape index (κ3) is 3.64. The number of nitrogens with zero attached hydrogens (tertiary/aromatic N) is 1. The van der Waals surface area contributed by atoms with Crippen molar-refractivity contribution in [3.63, 3.8) is 0 Å². The van der Waals surface area contributed by atoms with Gasteiger partial charge in [0.2, 0.25) is 5.91 Å². The second-order valence-electron chi connectivity index (χ2n) is 7.32. The molecule has 2 atom stereocenters. The van der Waals surface area contributed by atoms with Crippen LogP contribution in [0.15, 0.2) is 36.4 Å². The smallest absolute Gasteiger partial charge is 0.253 e. The zero-order valence-electron chi connectivity index (χ0n) is 15.6. The monoisotopic (exact) mass is 399 g/mol. The van der Waals surface area contributed by atoms with Crippen molar-refractivity contribution in [2.45, 2.75) is 24.8 Å². The number of rotatable bonds is 3. The van der Waals surface area contributed by atoms with Gasteiger partial charge < -0.3 is 16.0 Å².